The first-order valence-electron chi connectivity index (χ1n) is 8.75. The maximum Gasteiger partial charge on any atom is 0.316 e. The van der Waals surface area contributed by atoms with Crippen LogP contribution in [0.3, 0.4) is 0 Å². The molecule has 0 unspecified atom stereocenters. The van der Waals surface area contributed by atoms with Gasteiger partial charge in [-0.15, -0.1) is 0 Å². The van der Waals surface area contributed by atoms with Crippen LogP contribution >= 0.6 is 0 Å². The lowest BCUT2D eigenvalue weighted by Crippen LogP contribution is -2.25. The van der Waals surface area contributed by atoms with Gasteiger partial charge < -0.3 is 18.9 Å². The molecule has 0 radical (unpaired) electrons. The molecule has 0 aromatic heterocycles. The van der Waals surface area contributed by atoms with Gasteiger partial charge in [0.05, 0.1) is 25.2 Å². The van der Waals surface area contributed by atoms with Crippen molar-refractivity contribution < 1.29 is 28.5 Å². The van der Waals surface area contributed by atoms with Gasteiger partial charge >= 0.3 is 5.97 Å². The molecular weight excluding hydrogens is 360 g/mol. The number of rotatable bonds is 4. The largest absolute Gasteiger partial charge is 0.497 e. The fourth-order valence-electron chi connectivity index (χ4n) is 2.58. The number of esters is 1. The van der Waals surface area contributed by atoms with Crippen LogP contribution in [0.1, 0.15) is 36.7 Å². The predicted molar refractivity (Wildman–Crippen MR) is 104 cm³/mol. The normalized spacial score (nSPS) is 14.5. The predicted octanol–water partition coefficient (Wildman–Crippen LogP) is 4.27. The van der Waals surface area contributed by atoms with Gasteiger partial charge in [-0.05, 0) is 57.2 Å². The summed E-state index contributed by atoms with van der Waals surface area (Å²) < 4.78 is 21.7. The summed E-state index contributed by atoms with van der Waals surface area (Å²) in [6.07, 6.45) is 1.60. The number of hydrogen-bond donors (Lipinski definition) is 0. The van der Waals surface area contributed by atoms with E-state index in [0.717, 1.165) is 0 Å². The standard InChI is InChI=1S/C22H22O6/c1-22(2,3)21(24)27-15-6-8-16-18(12-15)28-19(20(16)23)11-13-10-14(25-4)7-9-17(13)26-5/h6-12H,1-5H3. The Balaban J connectivity index is 1.90. The van der Waals surface area contributed by atoms with Crippen molar-refractivity contribution in [1.82, 2.24) is 0 Å². The van der Waals surface area contributed by atoms with Crippen LogP contribution in [-0.4, -0.2) is 26.0 Å². The first-order chi connectivity index (χ1) is 13.2. The number of allylic oxidation sites excluding steroid dienone is 1. The van der Waals surface area contributed by atoms with Crippen LogP contribution in [0.2, 0.25) is 0 Å². The maximum atomic E-state index is 12.7. The van der Waals surface area contributed by atoms with Crippen LogP contribution in [0.25, 0.3) is 6.08 Å². The molecule has 28 heavy (non-hydrogen) atoms. The zero-order valence-corrected chi connectivity index (χ0v) is 16.5. The Kier molecular flexibility index (Phi) is 5.14. The number of carbonyl (C=O) groups excluding carboxylic acids is 2. The summed E-state index contributed by atoms with van der Waals surface area (Å²) in [5.74, 6) is 1.42. The molecule has 2 aromatic carbocycles. The van der Waals surface area contributed by atoms with Crippen molar-refractivity contribution in [3.05, 3.63) is 53.3 Å². The van der Waals surface area contributed by atoms with Gasteiger partial charge in [0.1, 0.15) is 23.0 Å². The highest BCUT2D eigenvalue weighted by Crippen LogP contribution is 2.36. The minimum atomic E-state index is -0.635. The molecule has 1 aliphatic rings. The topological polar surface area (TPSA) is 71.1 Å². The second-order valence-electron chi connectivity index (χ2n) is 7.35. The highest BCUT2D eigenvalue weighted by atomic mass is 16.5. The molecular formula is C22H22O6. The zero-order chi connectivity index (χ0) is 20.5. The van der Waals surface area contributed by atoms with Gasteiger partial charge in [0.2, 0.25) is 5.78 Å². The van der Waals surface area contributed by atoms with Crippen molar-refractivity contribution >= 4 is 17.8 Å². The molecule has 3 rings (SSSR count). The number of Topliss-reactive ketones (excluding diaryl/α,β-unsaturated/α-hetero) is 1. The fraction of sp³-hybridized carbons (Fsp3) is 0.273. The van der Waals surface area contributed by atoms with E-state index in [0.29, 0.717) is 34.1 Å². The number of ether oxygens (including phenoxy) is 4. The number of carbonyl (C=O) groups is 2. The number of fused-ring (bicyclic) bond motifs is 1. The van der Waals surface area contributed by atoms with Crippen LogP contribution in [-0.2, 0) is 4.79 Å². The molecule has 0 N–H and O–H groups in total. The van der Waals surface area contributed by atoms with Gasteiger partial charge in [-0.25, -0.2) is 0 Å². The van der Waals surface area contributed by atoms with Gasteiger partial charge in [0, 0.05) is 11.6 Å². The minimum Gasteiger partial charge on any atom is -0.497 e. The highest BCUT2D eigenvalue weighted by Gasteiger charge is 2.29. The summed E-state index contributed by atoms with van der Waals surface area (Å²) in [5, 5.41) is 0. The van der Waals surface area contributed by atoms with E-state index in [1.165, 1.54) is 0 Å². The Hall–Kier alpha value is -3.28. The Morgan fingerprint density at radius 3 is 2.36 bits per heavy atom. The lowest BCUT2D eigenvalue weighted by Gasteiger charge is -2.16. The van der Waals surface area contributed by atoms with Crippen molar-refractivity contribution in [2.24, 2.45) is 5.41 Å². The molecule has 0 fully saturated rings. The van der Waals surface area contributed by atoms with E-state index in [4.69, 9.17) is 18.9 Å². The zero-order valence-electron chi connectivity index (χ0n) is 16.5. The Morgan fingerprint density at radius 1 is 1.00 bits per heavy atom. The Morgan fingerprint density at radius 2 is 1.71 bits per heavy atom. The van der Waals surface area contributed by atoms with E-state index in [2.05, 4.69) is 0 Å². The van der Waals surface area contributed by atoms with Crippen LogP contribution in [0, 0.1) is 5.41 Å². The molecule has 0 saturated carbocycles. The highest BCUT2D eigenvalue weighted by molar-refractivity contribution is 6.14. The second kappa shape index (κ2) is 7.38. The average molecular weight is 382 g/mol. The number of hydrogen-bond acceptors (Lipinski definition) is 6. The molecule has 0 amide bonds. The van der Waals surface area contributed by atoms with Gasteiger partial charge in [0.25, 0.3) is 0 Å². The number of methoxy groups -OCH3 is 2. The van der Waals surface area contributed by atoms with Gasteiger partial charge in [0.15, 0.2) is 5.76 Å². The minimum absolute atomic E-state index is 0.154. The molecule has 0 saturated heterocycles. The van der Waals surface area contributed by atoms with E-state index in [-0.39, 0.29) is 17.5 Å². The molecule has 0 atom stereocenters. The molecule has 146 valence electrons. The van der Waals surface area contributed by atoms with Crippen LogP contribution in [0.4, 0.5) is 0 Å². The molecule has 0 bridgehead atoms. The van der Waals surface area contributed by atoms with Crippen molar-refractivity contribution in [3.8, 4) is 23.0 Å². The molecule has 1 aliphatic heterocycles. The van der Waals surface area contributed by atoms with Crippen molar-refractivity contribution in [2.45, 2.75) is 20.8 Å². The van der Waals surface area contributed by atoms with Crippen molar-refractivity contribution in [3.63, 3.8) is 0 Å². The first-order valence-corrected chi connectivity index (χ1v) is 8.75. The Bertz CT molecular complexity index is 965. The van der Waals surface area contributed by atoms with Gasteiger partial charge in [-0.1, -0.05) is 0 Å². The number of benzene rings is 2. The van der Waals surface area contributed by atoms with Crippen LogP contribution < -0.4 is 18.9 Å². The molecule has 6 nitrogen and oxygen atoms in total. The van der Waals surface area contributed by atoms with Crippen LogP contribution in [0.5, 0.6) is 23.0 Å². The van der Waals surface area contributed by atoms with Crippen molar-refractivity contribution in [2.75, 3.05) is 14.2 Å². The smallest absolute Gasteiger partial charge is 0.316 e. The lowest BCUT2D eigenvalue weighted by molar-refractivity contribution is -0.143. The monoisotopic (exact) mass is 382 g/mol. The van der Waals surface area contributed by atoms with E-state index < -0.39 is 5.41 Å². The Labute approximate surface area is 163 Å². The average Bonchev–Trinajstić information content (AvgIpc) is 2.96. The lowest BCUT2D eigenvalue weighted by atomic mass is 9.97. The summed E-state index contributed by atoms with van der Waals surface area (Å²) in [6.45, 7) is 5.31. The van der Waals surface area contributed by atoms with E-state index in [1.807, 2.05) is 0 Å². The molecule has 0 aliphatic carbocycles. The third kappa shape index (κ3) is 3.86. The molecule has 2 aromatic rings. The quantitative estimate of drug-likeness (QED) is 0.447. The first kappa shape index (κ1) is 19.5. The summed E-state index contributed by atoms with van der Waals surface area (Å²) in [4.78, 5) is 24.7. The van der Waals surface area contributed by atoms with Crippen molar-refractivity contribution in [1.29, 1.82) is 0 Å². The van der Waals surface area contributed by atoms with Crippen LogP contribution in [0.15, 0.2) is 42.2 Å². The third-order valence-electron chi connectivity index (χ3n) is 4.19. The second-order valence-corrected chi connectivity index (χ2v) is 7.35. The summed E-state index contributed by atoms with van der Waals surface area (Å²) in [7, 11) is 3.11. The number of ketones is 1. The van der Waals surface area contributed by atoms with Gasteiger partial charge in [-0.2, -0.15) is 0 Å². The third-order valence-corrected chi connectivity index (χ3v) is 4.19. The summed E-state index contributed by atoms with van der Waals surface area (Å²) >= 11 is 0. The van der Waals surface area contributed by atoms with E-state index in [1.54, 1.807) is 77.5 Å². The van der Waals surface area contributed by atoms with Gasteiger partial charge in [-0.3, -0.25) is 9.59 Å². The summed E-state index contributed by atoms with van der Waals surface area (Å²) in [6, 6.07) is 9.98. The molecule has 1 heterocycles. The maximum absolute atomic E-state index is 12.7. The molecule has 0 spiro atoms. The summed E-state index contributed by atoms with van der Waals surface area (Å²) in [5.41, 5.74) is 0.421. The molecule has 6 heteroatoms. The SMILES string of the molecule is COc1ccc(OC)c(C=C2Oc3cc(OC(=O)C(C)(C)C)ccc3C2=O)c1. The fourth-order valence-corrected chi connectivity index (χ4v) is 2.58. The van der Waals surface area contributed by atoms with E-state index >= 15 is 0 Å². The van der Waals surface area contributed by atoms with E-state index in [9.17, 15) is 9.59 Å².